The molecule has 1 amide bonds. The summed E-state index contributed by atoms with van der Waals surface area (Å²) in [5.41, 5.74) is 0. The van der Waals surface area contributed by atoms with Gasteiger partial charge in [0, 0.05) is 12.8 Å². The number of quaternary nitrogens is 1. The lowest BCUT2D eigenvalue weighted by atomic mass is 10.0. The van der Waals surface area contributed by atoms with E-state index in [-0.39, 0.29) is 31.5 Å². The van der Waals surface area contributed by atoms with Crippen LogP contribution in [0.1, 0.15) is 303 Å². The average Bonchev–Trinajstić information content (AvgIpc) is 3.39. The maximum absolute atomic E-state index is 13.6. The Bertz CT molecular complexity index is 1500. The molecule has 0 rings (SSSR count). The van der Waals surface area contributed by atoms with Gasteiger partial charge in [-0.05, 0) is 76.7 Å². The van der Waals surface area contributed by atoms with Crippen LogP contribution in [0.15, 0.2) is 60.8 Å². The molecule has 0 aromatic carbocycles. The molecule has 0 spiro atoms. The van der Waals surface area contributed by atoms with Crippen LogP contribution in [0.3, 0.4) is 0 Å². The van der Waals surface area contributed by atoms with Crippen molar-refractivity contribution < 1.29 is 37.3 Å². The molecule has 0 aromatic heterocycles. The zero-order chi connectivity index (χ0) is 56.4. The fourth-order valence-corrected chi connectivity index (χ4v) is 10.1. The fourth-order valence-electron chi connectivity index (χ4n) is 9.40. The van der Waals surface area contributed by atoms with Gasteiger partial charge in [0.25, 0.3) is 0 Å². The molecule has 0 aliphatic carbocycles. The van der Waals surface area contributed by atoms with Crippen molar-refractivity contribution in [3.63, 3.8) is 0 Å². The fraction of sp³-hybridized carbons (Fsp3) is 0.821. The molecule has 2 N–H and O–H groups in total. The molecule has 0 radical (unpaired) electrons. The summed E-state index contributed by atoms with van der Waals surface area (Å²) in [5.74, 6) is -0.507. The van der Waals surface area contributed by atoms with Crippen LogP contribution in [0.4, 0.5) is 0 Å². The monoisotopic (exact) mass is 1100 g/mol. The molecule has 0 saturated heterocycles. The number of phosphoric acid groups is 1. The molecule has 0 saturated carbocycles. The Balaban J connectivity index is 5.19. The highest BCUT2D eigenvalue weighted by Crippen LogP contribution is 2.43. The van der Waals surface area contributed by atoms with Crippen molar-refractivity contribution in [2.45, 2.75) is 315 Å². The van der Waals surface area contributed by atoms with Crippen LogP contribution in [0.5, 0.6) is 0 Å². The van der Waals surface area contributed by atoms with Crippen molar-refractivity contribution in [1.29, 1.82) is 0 Å². The summed E-state index contributed by atoms with van der Waals surface area (Å²) in [6.45, 7) is 7.00. The van der Waals surface area contributed by atoms with Gasteiger partial charge in [-0.2, -0.15) is 0 Å². The molecule has 0 aromatic rings. The SMILES string of the molecule is CCCCC/C=C\C/C=C\C/C=C\C/C=C\CCCCCCCCCC(=O)OC(/C=C/CCCCCCCCCCCC)C(COP(=O)(O)OCC[N+](C)(C)C)NC(=O)CCCCCCCCCCCCCCCCCC. The highest BCUT2D eigenvalue weighted by molar-refractivity contribution is 7.47. The van der Waals surface area contributed by atoms with Crippen LogP contribution in [-0.4, -0.2) is 74.3 Å². The smallest absolute Gasteiger partial charge is 0.456 e. The maximum Gasteiger partial charge on any atom is 0.472 e. The molecule has 0 heterocycles. The number of phosphoric ester groups is 1. The third-order valence-electron chi connectivity index (χ3n) is 14.5. The first kappa shape index (κ1) is 74.7. The maximum atomic E-state index is 13.6. The second-order valence-electron chi connectivity index (χ2n) is 23.3. The number of nitrogens with zero attached hydrogens (tertiary/aromatic N) is 1. The van der Waals surface area contributed by atoms with Crippen molar-refractivity contribution in [2.24, 2.45) is 0 Å². The first-order chi connectivity index (χ1) is 37.4. The summed E-state index contributed by atoms with van der Waals surface area (Å²) >= 11 is 0. The number of hydrogen-bond donors (Lipinski definition) is 2. The molecule has 0 aliphatic rings. The van der Waals surface area contributed by atoms with Crippen LogP contribution in [0.2, 0.25) is 0 Å². The molecule has 0 aliphatic heterocycles. The van der Waals surface area contributed by atoms with E-state index in [1.54, 1.807) is 0 Å². The van der Waals surface area contributed by atoms with Crippen LogP contribution in [0.25, 0.3) is 0 Å². The molecule has 3 unspecified atom stereocenters. The second-order valence-corrected chi connectivity index (χ2v) is 24.7. The number of nitrogens with one attached hydrogen (secondary N) is 1. The topological polar surface area (TPSA) is 111 Å². The van der Waals surface area contributed by atoms with E-state index in [0.717, 1.165) is 89.9 Å². The van der Waals surface area contributed by atoms with E-state index in [4.69, 9.17) is 13.8 Å². The molecule has 77 heavy (non-hydrogen) atoms. The number of unbranched alkanes of at least 4 members (excludes halogenated alkanes) is 35. The Labute approximate surface area is 477 Å². The van der Waals surface area contributed by atoms with Gasteiger partial charge in [0.15, 0.2) is 0 Å². The van der Waals surface area contributed by atoms with Gasteiger partial charge in [-0.3, -0.25) is 18.6 Å². The molecular weight excluding hydrogens is 976 g/mol. The van der Waals surface area contributed by atoms with Gasteiger partial charge >= 0.3 is 13.8 Å². The lowest BCUT2D eigenvalue weighted by molar-refractivity contribution is -0.870. The predicted molar refractivity (Wildman–Crippen MR) is 332 cm³/mol. The lowest BCUT2D eigenvalue weighted by Crippen LogP contribution is -2.47. The molecule has 450 valence electrons. The summed E-state index contributed by atoms with van der Waals surface area (Å²) in [7, 11) is 1.49. The van der Waals surface area contributed by atoms with Crippen LogP contribution in [-0.2, 0) is 27.9 Å². The van der Waals surface area contributed by atoms with Gasteiger partial charge in [-0.15, -0.1) is 0 Å². The zero-order valence-corrected chi connectivity index (χ0v) is 52.3. The molecule has 10 heteroatoms. The molecule has 0 fully saturated rings. The van der Waals surface area contributed by atoms with Crippen molar-refractivity contribution in [3.8, 4) is 0 Å². The Hall–Kier alpha value is -2.29. The minimum atomic E-state index is -4.45. The van der Waals surface area contributed by atoms with Crippen molar-refractivity contribution in [1.82, 2.24) is 5.32 Å². The summed E-state index contributed by atoms with van der Waals surface area (Å²) in [6, 6.07) is -0.852. The molecule has 9 nitrogen and oxygen atoms in total. The van der Waals surface area contributed by atoms with Gasteiger partial charge in [0.1, 0.15) is 19.3 Å². The Morgan fingerprint density at radius 3 is 1.21 bits per heavy atom. The summed E-state index contributed by atoms with van der Waals surface area (Å²) in [5, 5.41) is 3.06. The van der Waals surface area contributed by atoms with Gasteiger partial charge in [0.2, 0.25) is 5.91 Å². The Kier molecular flexibility index (Phi) is 55.3. The van der Waals surface area contributed by atoms with Crippen molar-refractivity contribution >= 4 is 19.7 Å². The van der Waals surface area contributed by atoms with Crippen LogP contribution in [0, 0.1) is 0 Å². The summed E-state index contributed by atoms with van der Waals surface area (Å²) < 4.78 is 30.7. The quantitative estimate of drug-likeness (QED) is 0.0205. The lowest BCUT2D eigenvalue weighted by Gasteiger charge is -2.27. The first-order valence-electron chi connectivity index (χ1n) is 32.6. The van der Waals surface area contributed by atoms with E-state index in [1.807, 2.05) is 33.3 Å². The van der Waals surface area contributed by atoms with Crippen LogP contribution < -0.4 is 5.32 Å². The number of carbonyl (C=O) groups excluding carboxylic acids is 2. The second kappa shape index (κ2) is 57.0. The summed E-state index contributed by atoms with van der Waals surface area (Å²) in [6.07, 6.45) is 72.1. The van der Waals surface area contributed by atoms with Crippen LogP contribution >= 0.6 is 7.82 Å². The predicted octanol–water partition coefficient (Wildman–Crippen LogP) is 20.2. The van der Waals surface area contributed by atoms with E-state index in [9.17, 15) is 19.0 Å². The number of likely N-dealkylation sites (N-methyl/N-ethyl adjacent to an activating group) is 1. The molecular formula is C67H126N2O7P+. The molecule has 0 bridgehead atoms. The number of allylic oxidation sites excluding steroid dienone is 9. The minimum Gasteiger partial charge on any atom is -0.456 e. The van der Waals surface area contributed by atoms with E-state index >= 15 is 0 Å². The molecule has 3 atom stereocenters. The standard InChI is InChI=1S/C67H125N2O7P/c1-7-10-13-16-19-22-25-28-30-32-33-34-35-36-37-38-40-42-45-48-51-54-57-60-67(71)76-65(58-55-52-49-46-43-27-24-21-18-15-12-9-3)64(63-75-77(72,73)74-62-61-69(4,5)6)68-66(70)59-56-53-50-47-44-41-39-31-29-26-23-20-17-14-11-8-2/h19,22,28,30,33-34,36-37,55,58,64-65H,7-18,20-21,23-27,29,31-32,35,38-54,56-57,59-63H2,1-6H3,(H-,68,70,72,73)/p+1/b22-19-,30-28-,34-33-,37-36-,58-55+. The highest BCUT2D eigenvalue weighted by atomic mass is 31.2. The third kappa shape index (κ3) is 58.2. The van der Waals surface area contributed by atoms with Gasteiger partial charge in [-0.1, -0.05) is 275 Å². The number of hydrogen-bond acceptors (Lipinski definition) is 6. The van der Waals surface area contributed by atoms with E-state index < -0.39 is 20.0 Å². The number of rotatable bonds is 59. The highest BCUT2D eigenvalue weighted by Gasteiger charge is 2.30. The first-order valence-corrected chi connectivity index (χ1v) is 34.1. The van der Waals surface area contributed by atoms with E-state index in [1.165, 1.54) is 180 Å². The third-order valence-corrected chi connectivity index (χ3v) is 15.4. The number of ether oxygens (including phenoxy) is 1. The number of carbonyl (C=O) groups is 2. The van der Waals surface area contributed by atoms with Gasteiger partial charge in [0.05, 0.1) is 33.8 Å². The zero-order valence-electron chi connectivity index (χ0n) is 51.5. The average molecular weight is 1100 g/mol. The van der Waals surface area contributed by atoms with Gasteiger partial charge in [-0.25, -0.2) is 4.57 Å². The summed E-state index contributed by atoms with van der Waals surface area (Å²) in [4.78, 5) is 37.8. The number of esters is 1. The largest absolute Gasteiger partial charge is 0.472 e. The Morgan fingerprint density at radius 1 is 0.455 bits per heavy atom. The van der Waals surface area contributed by atoms with Crippen molar-refractivity contribution in [3.05, 3.63) is 60.8 Å². The van der Waals surface area contributed by atoms with Crippen molar-refractivity contribution in [2.75, 3.05) is 40.9 Å². The Morgan fingerprint density at radius 2 is 0.792 bits per heavy atom. The van der Waals surface area contributed by atoms with Gasteiger partial charge < -0.3 is 19.4 Å². The minimum absolute atomic E-state index is 0.0385. The normalized spacial score (nSPS) is 14.0. The van der Waals surface area contributed by atoms with E-state index in [2.05, 4.69) is 74.7 Å². The number of amides is 1. The van der Waals surface area contributed by atoms with E-state index in [0.29, 0.717) is 17.4 Å².